The van der Waals surface area contributed by atoms with E-state index in [1.165, 1.54) is 0 Å². The molecule has 2 heterocycles. The lowest BCUT2D eigenvalue weighted by atomic mass is 10.1. The number of pyridine rings is 1. The van der Waals surface area contributed by atoms with Crippen molar-refractivity contribution in [3.8, 4) is 0 Å². The standard InChI is InChI=1S/C8H11NO.C8H10NO/c1-7-5-9(2)4-3-8(7)6-10;1-7-5-8(6-10)3-4-9(7)2/h3,5-6H,4H2,1-2H3;3-6H,1-2H3/q;+1. The van der Waals surface area contributed by atoms with Crippen LogP contribution in [0.2, 0.25) is 0 Å². The topological polar surface area (TPSA) is 41.3 Å². The van der Waals surface area contributed by atoms with E-state index in [0.29, 0.717) is 0 Å². The Labute approximate surface area is 120 Å². The van der Waals surface area contributed by atoms with Gasteiger partial charge in [-0.3, -0.25) is 9.59 Å². The first-order chi connectivity index (χ1) is 9.47. The first-order valence-electron chi connectivity index (χ1n) is 6.43. The number of carbonyl (C=O) groups is 2. The van der Waals surface area contributed by atoms with E-state index in [9.17, 15) is 9.59 Å². The average Bonchev–Trinajstić information content (AvgIpc) is 2.43. The SMILES string of the molecule is CC1=CN(C)CC=C1C=O.Cc1cc(C=O)cc[n+]1C. The molecule has 0 fully saturated rings. The van der Waals surface area contributed by atoms with E-state index in [0.717, 1.165) is 41.5 Å². The summed E-state index contributed by atoms with van der Waals surface area (Å²) in [6, 6.07) is 3.65. The second kappa shape index (κ2) is 7.38. The zero-order valence-corrected chi connectivity index (χ0v) is 12.5. The zero-order valence-electron chi connectivity index (χ0n) is 12.5. The van der Waals surface area contributed by atoms with Crippen molar-refractivity contribution in [3.05, 3.63) is 53.0 Å². The van der Waals surface area contributed by atoms with Crippen molar-refractivity contribution in [1.82, 2.24) is 4.90 Å². The molecule has 20 heavy (non-hydrogen) atoms. The summed E-state index contributed by atoms with van der Waals surface area (Å²) in [6.45, 7) is 4.74. The van der Waals surface area contributed by atoms with Crippen molar-refractivity contribution in [2.45, 2.75) is 13.8 Å². The summed E-state index contributed by atoms with van der Waals surface area (Å²) < 4.78 is 1.97. The summed E-state index contributed by atoms with van der Waals surface area (Å²) in [6.07, 6.45) is 7.54. The fraction of sp³-hybridized carbons (Fsp3) is 0.312. The highest BCUT2D eigenvalue weighted by Crippen LogP contribution is 2.11. The second-order valence-electron chi connectivity index (χ2n) is 4.86. The Morgan fingerprint density at radius 1 is 1.25 bits per heavy atom. The maximum atomic E-state index is 10.3. The normalized spacial score (nSPS) is 13.7. The van der Waals surface area contributed by atoms with Crippen LogP contribution in [0, 0.1) is 6.92 Å². The lowest BCUT2D eigenvalue weighted by molar-refractivity contribution is -0.677. The van der Waals surface area contributed by atoms with Gasteiger partial charge in [0.15, 0.2) is 18.2 Å². The van der Waals surface area contributed by atoms with Gasteiger partial charge in [0.05, 0.1) is 0 Å². The van der Waals surface area contributed by atoms with Crippen LogP contribution in [-0.2, 0) is 11.8 Å². The van der Waals surface area contributed by atoms with Crippen molar-refractivity contribution in [2.75, 3.05) is 13.6 Å². The van der Waals surface area contributed by atoms with E-state index >= 15 is 0 Å². The molecule has 1 aliphatic heterocycles. The second-order valence-corrected chi connectivity index (χ2v) is 4.86. The maximum absolute atomic E-state index is 10.3. The number of hydrogen-bond donors (Lipinski definition) is 0. The molecular formula is C16H21N2O2+. The maximum Gasteiger partial charge on any atom is 0.178 e. The molecule has 0 amide bonds. The Balaban J connectivity index is 0.000000200. The third-order valence-electron chi connectivity index (χ3n) is 3.15. The number of nitrogens with zero attached hydrogens (tertiary/aromatic N) is 2. The van der Waals surface area contributed by atoms with Crippen molar-refractivity contribution in [3.63, 3.8) is 0 Å². The molecule has 4 nitrogen and oxygen atoms in total. The number of likely N-dealkylation sites (N-methyl/N-ethyl adjacent to an activating group) is 1. The lowest BCUT2D eigenvalue weighted by Gasteiger charge is -2.18. The van der Waals surface area contributed by atoms with Crippen LogP contribution in [0.25, 0.3) is 0 Å². The quantitative estimate of drug-likeness (QED) is 0.607. The van der Waals surface area contributed by atoms with Crippen LogP contribution in [0.1, 0.15) is 23.0 Å². The first-order valence-corrected chi connectivity index (χ1v) is 6.43. The molecule has 1 aromatic heterocycles. The van der Waals surface area contributed by atoms with E-state index in [1.54, 1.807) is 6.07 Å². The Hall–Kier alpha value is -2.23. The third kappa shape index (κ3) is 4.46. The van der Waals surface area contributed by atoms with Crippen molar-refractivity contribution in [2.24, 2.45) is 7.05 Å². The Kier molecular flexibility index (Phi) is 5.84. The Bertz CT molecular complexity index is 560. The number of carbonyl (C=O) groups excluding carboxylic acids is 2. The molecule has 4 heteroatoms. The van der Waals surface area contributed by atoms with Crippen molar-refractivity contribution < 1.29 is 14.2 Å². The molecule has 0 atom stereocenters. The summed E-state index contributed by atoms with van der Waals surface area (Å²) >= 11 is 0. The van der Waals surface area contributed by atoms with Gasteiger partial charge in [0, 0.05) is 50.0 Å². The van der Waals surface area contributed by atoms with Gasteiger partial charge in [-0.15, -0.1) is 0 Å². The summed E-state index contributed by atoms with van der Waals surface area (Å²) in [5, 5.41) is 0. The van der Waals surface area contributed by atoms with Crippen LogP contribution < -0.4 is 4.57 Å². The smallest absolute Gasteiger partial charge is 0.178 e. The molecule has 0 saturated carbocycles. The Morgan fingerprint density at radius 2 is 1.95 bits per heavy atom. The molecule has 2 rings (SSSR count). The molecule has 0 spiro atoms. The van der Waals surface area contributed by atoms with Crippen LogP contribution in [0.15, 0.2) is 41.8 Å². The summed E-state index contributed by atoms with van der Waals surface area (Å²) in [4.78, 5) is 22.7. The van der Waals surface area contributed by atoms with Gasteiger partial charge in [-0.25, -0.2) is 4.57 Å². The van der Waals surface area contributed by atoms with Gasteiger partial charge in [-0.1, -0.05) is 6.08 Å². The predicted molar refractivity (Wildman–Crippen MR) is 78.3 cm³/mol. The van der Waals surface area contributed by atoms with Gasteiger partial charge in [0.25, 0.3) is 0 Å². The lowest BCUT2D eigenvalue weighted by Crippen LogP contribution is -2.31. The van der Waals surface area contributed by atoms with Gasteiger partial charge in [-0.2, -0.15) is 0 Å². The van der Waals surface area contributed by atoms with E-state index in [-0.39, 0.29) is 0 Å². The summed E-state index contributed by atoms with van der Waals surface area (Å²) in [7, 11) is 3.94. The number of rotatable bonds is 2. The molecule has 106 valence electrons. The van der Waals surface area contributed by atoms with Crippen LogP contribution in [0.4, 0.5) is 0 Å². The van der Waals surface area contributed by atoms with Crippen molar-refractivity contribution in [1.29, 1.82) is 0 Å². The van der Waals surface area contributed by atoms with Gasteiger partial charge >= 0.3 is 0 Å². The van der Waals surface area contributed by atoms with Crippen molar-refractivity contribution >= 4 is 12.6 Å². The van der Waals surface area contributed by atoms with E-state index < -0.39 is 0 Å². The summed E-state index contributed by atoms with van der Waals surface area (Å²) in [5.74, 6) is 0. The average molecular weight is 273 g/mol. The molecule has 0 saturated heterocycles. The number of hydrogen-bond acceptors (Lipinski definition) is 3. The number of allylic oxidation sites excluding steroid dienone is 2. The van der Waals surface area contributed by atoms with Crippen LogP contribution in [-0.4, -0.2) is 31.1 Å². The molecule has 0 aliphatic carbocycles. The number of aldehydes is 2. The van der Waals surface area contributed by atoms with Crippen LogP contribution >= 0.6 is 0 Å². The first kappa shape index (κ1) is 15.8. The monoisotopic (exact) mass is 273 g/mol. The molecular weight excluding hydrogens is 252 g/mol. The minimum atomic E-state index is 0.732. The van der Waals surface area contributed by atoms with Gasteiger partial charge in [0.1, 0.15) is 13.3 Å². The van der Waals surface area contributed by atoms with Gasteiger partial charge < -0.3 is 4.90 Å². The highest BCUT2D eigenvalue weighted by Gasteiger charge is 2.04. The summed E-state index contributed by atoms with van der Waals surface area (Å²) in [5.41, 5.74) is 3.68. The fourth-order valence-corrected chi connectivity index (χ4v) is 1.78. The Morgan fingerprint density at radius 3 is 2.45 bits per heavy atom. The third-order valence-corrected chi connectivity index (χ3v) is 3.15. The van der Waals surface area contributed by atoms with E-state index in [4.69, 9.17) is 0 Å². The molecule has 0 unspecified atom stereocenters. The molecule has 1 aromatic rings. The minimum absolute atomic E-state index is 0.732. The largest absolute Gasteiger partial charge is 0.376 e. The molecule has 0 N–H and O–H groups in total. The molecule has 0 aromatic carbocycles. The van der Waals surface area contributed by atoms with Gasteiger partial charge in [-0.05, 0) is 12.5 Å². The highest BCUT2D eigenvalue weighted by atomic mass is 16.1. The fourth-order valence-electron chi connectivity index (χ4n) is 1.78. The zero-order chi connectivity index (χ0) is 15.1. The molecule has 0 radical (unpaired) electrons. The van der Waals surface area contributed by atoms with Crippen LogP contribution in [0.3, 0.4) is 0 Å². The van der Waals surface area contributed by atoms with E-state index in [2.05, 4.69) is 0 Å². The molecule has 1 aliphatic rings. The minimum Gasteiger partial charge on any atom is -0.376 e. The highest BCUT2D eigenvalue weighted by molar-refractivity contribution is 5.80. The number of aromatic nitrogens is 1. The molecule has 0 bridgehead atoms. The van der Waals surface area contributed by atoms with Gasteiger partial charge in [0.2, 0.25) is 0 Å². The van der Waals surface area contributed by atoms with E-state index in [1.807, 2.05) is 61.9 Å². The number of aryl methyl sites for hydroxylation is 2. The predicted octanol–water partition coefficient (Wildman–Crippen LogP) is 1.59. The van der Waals surface area contributed by atoms with Crippen LogP contribution in [0.5, 0.6) is 0 Å².